The lowest BCUT2D eigenvalue weighted by Crippen LogP contribution is -1.88. The molecule has 1 aromatic carbocycles. The molecule has 2 rings (SSSR count). The Balaban J connectivity index is 1.83. The first-order chi connectivity index (χ1) is 9.35. The fraction of sp³-hybridized carbons (Fsp3) is 0.444. The van der Waals surface area contributed by atoms with Crippen molar-refractivity contribution in [3.63, 3.8) is 0 Å². The highest BCUT2D eigenvalue weighted by molar-refractivity contribution is 5.31. The smallest absolute Gasteiger partial charge is 0.113 e. The summed E-state index contributed by atoms with van der Waals surface area (Å²) in [6.07, 6.45) is 14.1. The SMILES string of the molecule is C#C/C(=C\[C@@H]1O[C@@H]1c1ccccc1)CCCCCC. The second-order valence-electron chi connectivity index (χ2n) is 5.08. The molecule has 0 amide bonds. The first kappa shape index (κ1) is 13.9. The van der Waals surface area contributed by atoms with Gasteiger partial charge >= 0.3 is 0 Å². The van der Waals surface area contributed by atoms with Crippen molar-refractivity contribution in [2.75, 3.05) is 0 Å². The Morgan fingerprint density at radius 1 is 1.26 bits per heavy atom. The third-order valence-electron chi connectivity index (χ3n) is 3.50. The highest BCUT2D eigenvalue weighted by atomic mass is 16.6. The summed E-state index contributed by atoms with van der Waals surface area (Å²) in [7, 11) is 0. The molecule has 1 fully saturated rings. The normalized spacial score (nSPS) is 22.0. The summed E-state index contributed by atoms with van der Waals surface area (Å²) in [4.78, 5) is 0. The standard InChI is InChI=1S/C18H22O/c1-3-5-6-8-11-15(4-2)14-17-18(19-17)16-12-9-7-10-13-16/h2,7,9-10,12-14,17-18H,3,5-6,8,11H2,1H3/b15-14+/t17-,18+/m0/s1. The van der Waals surface area contributed by atoms with Crippen LogP contribution in [0.2, 0.25) is 0 Å². The van der Waals surface area contributed by atoms with E-state index in [-0.39, 0.29) is 12.2 Å². The molecule has 0 radical (unpaired) electrons. The van der Waals surface area contributed by atoms with E-state index < -0.39 is 0 Å². The van der Waals surface area contributed by atoms with Crippen LogP contribution in [0.15, 0.2) is 42.0 Å². The maximum atomic E-state index is 5.69. The molecule has 0 unspecified atom stereocenters. The topological polar surface area (TPSA) is 12.5 Å². The van der Waals surface area contributed by atoms with Gasteiger partial charge in [-0.15, -0.1) is 6.42 Å². The third kappa shape index (κ3) is 4.26. The van der Waals surface area contributed by atoms with Gasteiger partial charge in [-0.3, -0.25) is 0 Å². The van der Waals surface area contributed by atoms with Crippen molar-refractivity contribution in [2.45, 2.75) is 51.2 Å². The summed E-state index contributed by atoms with van der Waals surface area (Å²) in [5.41, 5.74) is 2.34. The van der Waals surface area contributed by atoms with Crippen LogP contribution in [0.25, 0.3) is 0 Å². The van der Waals surface area contributed by atoms with Crippen LogP contribution >= 0.6 is 0 Å². The molecule has 2 atom stereocenters. The number of ether oxygens (including phenoxy) is 1. The van der Waals surface area contributed by atoms with Gasteiger partial charge in [-0.2, -0.15) is 0 Å². The lowest BCUT2D eigenvalue weighted by atomic mass is 10.0. The number of rotatable bonds is 7. The zero-order valence-corrected chi connectivity index (χ0v) is 11.6. The predicted octanol–water partition coefficient (Wildman–Crippen LogP) is 4.66. The fourth-order valence-electron chi connectivity index (χ4n) is 2.31. The van der Waals surface area contributed by atoms with Crippen LogP contribution in [0.5, 0.6) is 0 Å². The van der Waals surface area contributed by atoms with Crippen LogP contribution in [0, 0.1) is 12.3 Å². The van der Waals surface area contributed by atoms with Gasteiger partial charge in [0, 0.05) is 5.57 Å². The number of benzene rings is 1. The van der Waals surface area contributed by atoms with E-state index in [9.17, 15) is 0 Å². The summed E-state index contributed by atoms with van der Waals surface area (Å²) >= 11 is 0. The number of terminal acetylenes is 1. The van der Waals surface area contributed by atoms with E-state index in [0.717, 1.165) is 12.0 Å². The van der Waals surface area contributed by atoms with E-state index in [2.05, 4.69) is 31.1 Å². The minimum Gasteiger partial charge on any atom is -0.360 e. The molecule has 1 nitrogen and oxygen atoms in total. The molecule has 1 aliphatic heterocycles. The summed E-state index contributed by atoms with van der Waals surface area (Å²) in [5, 5.41) is 0. The molecule has 0 saturated carbocycles. The van der Waals surface area contributed by atoms with Gasteiger partial charge in [0.15, 0.2) is 0 Å². The summed E-state index contributed by atoms with van der Waals surface area (Å²) in [5.74, 6) is 2.80. The molecule has 1 heterocycles. The van der Waals surface area contributed by atoms with Gasteiger partial charge in [-0.1, -0.05) is 62.4 Å². The monoisotopic (exact) mass is 254 g/mol. The van der Waals surface area contributed by atoms with E-state index in [4.69, 9.17) is 11.2 Å². The lowest BCUT2D eigenvalue weighted by molar-refractivity contribution is 0.393. The Labute approximate surface area is 116 Å². The molecule has 1 saturated heterocycles. The maximum Gasteiger partial charge on any atom is 0.113 e. The van der Waals surface area contributed by atoms with E-state index >= 15 is 0 Å². The second kappa shape index (κ2) is 7.16. The van der Waals surface area contributed by atoms with E-state index in [1.807, 2.05) is 18.2 Å². The van der Waals surface area contributed by atoms with Crippen molar-refractivity contribution in [3.05, 3.63) is 47.5 Å². The lowest BCUT2D eigenvalue weighted by Gasteiger charge is -1.99. The Morgan fingerprint density at radius 2 is 2.05 bits per heavy atom. The van der Waals surface area contributed by atoms with Crippen molar-refractivity contribution in [2.24, 2.45) is 0 Å². The number of epoxide rings is 1. The van der Waals surface area contributed by atoms with Crippen molar-refractivity contribution in [1.82, 2.24) is 0 Å². The molecule has 1 aliphatic rings. The van der Waals surface area contributed by atoms with E-state index in [1.54, 1.807) is 0 Å². The molecule has 1 aromatic rings. The van der Waals surface area contributed by atoms with Gasteiger partial charge in [-0.05, 0) is 24.5 Å². The minimum absolute atomic E-state index is 0.180. The molecule has 19 heavy (non-hydrogen) atoms. The highest BCUT2D eigenvalue weighted by Crippen LogP contribution is 2.40. The molecule has 0 N–H and O–H groups in total. The number of allylic oxidation sites excluding steroid dienone is 1. The zero-order valence-electron chi connectivity index (χ0n) is 11.6. The molecule has 0 spiro atoms. The van der Waals surface area contributed by atoms with Gasteiger partial charge in [0.2, 0.25) is 0 Å². The van der Waals surface area contributed by atoms with Crippen LogP contribution in [0.4, 0.5) is 0 Å². The predicted molar refractivity (Wildman–Crippen MR) is 79.7 cm³/mol. The zero-order chi connectivity index (χ0) is 13.5. The molecular formula is C18H22O. The fourth-order valence-corrected chi connectivity index (χ4v) is 2.31. The van der Waals surface area contributed by atoms with Crippen molar-refractivity contribution in [3.8, 4) is 12.3 Å². The van der Waals surface area contributed by atoms with Crippen LogP contribution < -0.4 is 0 Å². The molecule has 0 aliphatic carbocycles. The second-order valence-corrected chi connectivity index (χ2v) is 5.08. The first-order valence-corrected chi connectivity index (χ1v) is 7.23. The van der Waals surface area contributed by atoms with Gasteiger partial charge in [-0.25, -0.2) is 0 Å². The molecule has 100 valence electrons. The Bertz CT molecular complexity index is 452. The van der Waals surface area contributed by atoms with Gasteiger partial charge < -0.3 is 4.74 Å². The maximum absolute atomic E-state index is 5.69. The minimum atomic E-state index is 0.180. The first-order valence-electron chi connectivity index (χ1n) is 7.23. The highest BCUT2D eigenvalue weighted by Gasteiger charge is 2.38. The third-order valence-corrected chi connectivity index (χ3v) is 3.50. The molecule has 0 bridgehead atoms. The molecule has 0 aromatic heterocycles. The quantitative estimate of drug-likeness (QED) is 0.392. The van der Waals surface area contributed by atoms with Gasteiger partial charge in [0.25, 0.3) is 0 Å². The van der Waals surface area contributed by atoms with Crippen LogP contribution in [-0.2, 0) is 4.74 Å². The number of hydrogen-bond donors (Lipinski definition) is 0. The largest absolute Gasteiger partial charge is 0.360 e. The van der Waals surface area contributed by atoms with Crippen molar-refractivity contribution >= 4 is 0 Å². The molecule has 1 heteroatoms. The van der Waals surface area contributed by atoms with Crippen molar-refractivity contribution in [1.29, 1.82) is 0 Å². The summed E-state index contributed by atoms with van der Waals surface area (Å²) < 4.78 is 5.69. The summed E-state index contributed by atoms with van der Waals surface area (Å²) in [6.45, 7) is 2.22. The average Bonchev–Trinajstić information content (AvgIpc) is 3.22. The van der Waals surface area contributed by atoms with Crippen LogP contribution in [0.3, 0.4) is 0 Å². The average molecular weight is 254 g/mol. The van der Waals surface area contributed by atoms with E-state index in [0.29, 0.717) is 0 Å². The van der Waals surface area contributed by atoms with Gasteiger partial charge in [0.05, 0.1) is 0 Å². The molecular weight excluding hydrogens is 232 g/mol. The van der Waals surface area contributed by atoms with Crippen LogP contribution in [0.1, 0.15) is 50.7 Å². The van der Waals surface area contributed by atoms with Crippen LogP contribution in [-0.4, -0.2) is 6.10 Å². The Hall–Kier alpha value is -1.52. The summed E-state index contributed by atoms with van der Waals surface area (Å²) in [6, 6.07) is 10.3. The Morgan fingerprint density at radius 3 is 2.74 bits per heavy atom. The number of unbranched alkanes of at least 4 members (excludes halogenated alkanes) is 3. The number of hydrogen-bond acceptors (Lipinski definition) is 1. The Kier molecular flexibility index (Phi) is 5.24. The van der Waals surface area contributed by atoms with E-state index in [1.165, 1.54) is 31.2 Å². The van der Waals surface area contributed by atoms with Gasteiger partial charge in [0.1, 0.15) is 12.2 Å². The van der Waals surface area contributed by atoms with Crippen molar-refractivity contribution < 1.29 is 4.74 Å².